The first-order valence-corrected chi connectivity index (χ1v) is 8.62. The standard InChI is InChI=1S/C15H19N5O2S/c21-13(19-7-3-1-2-4-8-19)10-20-11-16-15(18-20)17-14(22)12-6-5-9-23-12/h5-6,9,11H,1-4,7-8,10H2,(H,17,18,22). The van der Waals surface area contributed by atoms with Gasteiger partial charge in [-0.3, -0.25) is 14.9 Å². The Kier molecular flexibility index (Phi) is 5.02. The van der Waals surface area contributed by atoms with Crippen LogP contribution in [-0.4, -0.2) is 44.6 Å². The van der Waals surface area contributed by atoms with Gasteiger partial charge in [0.1, 0.15) is 12.9 Å². The smallest absolute Gasteiger partial charge is 0.268 e. The van der Waals surface area contributed by atoms with E-state index in [-0.39, 0.29) is 24.3 Å². The number of carbonyl (C=O) groups is 2. The third-order valence-corrected chi connectivity index (χ3v) is 4.63. The number of aromatic nitrogens is 3. The molecule has 0 radical (unpaired) electrons. The summed E-state index contributed by atoms with van der Waals surface area (Å²) in [6, 6.07) is 3.55. The number of nitrogens with one attached hydrogen (secondary N) is 1. The Morgan fingerprint density at radius 2 is 2.00 bits per heavy atom. The van der Waals surface area contributed by atoms with Gasteiger partial charge in [-0.05, 0) is 24.3 Å². The number of hydrogen-bond donors (Lipinski definition) is 1. The van der Waals surface area contributed by atoms with Gasteiger partial charge in [-0.1, -0.05) is 18.9 Å². The molecule has 2 amide bonds. The Labute approximate surface area is 138 Å². The Balaban J connectivity index is 1.56. The van der Waals surface area contributed by atoms with Gasteiger partial charge in [0.25, 0.3) is 5.91 Å². The average molecular weight is 333 g/mol. The zero-order valence-corrected chi connectivity index (χ0v) is 13.6. The number of carbonyl (C=O) groups excluding carboxylic acids is 2. The van der Waals surface area contributed by atoms with Gasteiger partial charge >= 0.3 is 0 Å². The molecule has 0 aromatic carbocycles. The molecule has 122 valence electrons. The first-order valence-electron chi connectivity index (χ1n) is 7.74. The molecule has 1 saturated heterocycles. The van der Waals surface area contributed by atoms with Crippen LogP contribution in [0.1, 0.15) is 35.4 Å². The summed E-state index contributed by atoms with van der Waals surface area (Å²) in [5, 5.41) is 8.61. The lowest BCUT2D eigenvalue weighted by atomic mass is 10.2. The molecular weight excluding hydrogens is 314 g/mol. The number of amides is 2. The van der Waals surface area contributed by atoms with Crippen molar-refractivity contribution in [1.29, 1.82) is 0 Å². The van der Waals surface area contributed by atoms with Crippen LogP contribution in [-0.2, 0) is 11.3 Å². The van der Waals surface area contributed by atoms with Gasteiger partial charge in [-0.2, -0.15) is 0 Å². The van der Waals surface area contributed by atoms with Crippen LogP contribution in [0.25, 0.3) is 0 Å². The Bertz CT molecular complexity index is 659. The molecule has 0 saturated carbocycles. The van der Waals surface area contributed by atoms with Crippen molar-refractivity contribution in [1.82, 2.24) is 19.7 Å². The van der Waals surface area contributed by atoms with Gasteiger partial charge in [-0.15, -0.1) is 16.4 Å². The van der Waals surface area contributed by atoms with Crippen LogP contribution in [0.2, 0.25) is 0 Å². The number of rotatable bonds is 4. The van der Waals surface area contributed by atoms with E-state index < -0.39 is 0 Å². The van der Waals surface area contributed by atoms with E-state index in [9.17, 15) is 9.59 Å². The van der Waals surface area contributed by atoms with Crippen LogP contribution in [0, 0.1) is 0 Å². The first kappa shape index (κ1) is 15.7. The van der Waals surface area contributed by atoms with Crippen molar-refractivity contribution in [3.8, 4) is 0 Å². The molecule has 0 bridgehead atoms. The normalized spacial score (nSPS) is 15.2. The maximum Gasteiger partial charge on any atom is 0.268 e. The fourth-order valence-corrected chi connectivity index (χ4v) is 3.18. The molecule has 3 rings (SSSR count). The molecule has 1 aliphatic rings. The highest BCUT2D eigenvalue weighted by Gasteiger charge is 2.17. The first-order chi connectivity index (χ1) is 11.2. The van der Waals surface area contributed by atoms with E-state index in [0.29, 0.717) is 4.88 Å². The zero-order chi connectivity index (χ0) is 16.1. The van der Waals surface area contributed by atoms with Crippen LogP contribution in [0.3, 0.4) is 0 Å². The minimum atomic E-state index is -0.239. The second kappa shape index (κ2) is 7.36. The van der Waals surface area contributed by atoms with Crippen molar-refractivity contribution in [2.45, 2.75) is 32.2 Å². The van der Waals surface area contributed by atoms with Crippen molar-refractivity contribution in [3.05, 3.63) is 28.7 Å². The predicted molar refractivity (Wildman–Crippen MR) is 87.3 cm³/mol. The molecule has 7 nitrogen and oxygen atoms in total. The Morgan fingerprint density at radius 3 is 2.70 bits per heavy atom. The highest BCUT2D eigenvalue weighted by Crippen LogP contribution is 2.12. The van der Waals surface area contributed by atoms with Crippen LogP contribution < -0.4 is 5.32 Å². The van der Waals surface area contributed by atoms with Crippen LogP contribution in [0.5, 0.6) is 0 Å². The number of nitrogens with zero attached hydrogens (tertiary/aromatic N) is 4. The third kappa shape index (κ3) is 4.16. The maximum absolute atomic E-state index is 12.3. The van der Waals surface area contributed by atoms with Crippen molar-refractivity contribution in [2.75, 3.05) is 18.4 Å². The van der Waals surface area contributed by atoms with Gasteiger partial charge in [0.2, 0.25) is 11.9 Å². The van der Waals surface area contributed by atoms with Gasteiger partial charge in [0, 0.05) is 13.1 Å². The lowest BCUT2D eigenvalue weighted by Gasteiger charge is -2.19. The number of likely N-dealkylation sites (tertiary alicyclic amines) is 1. The molecule has 1 aliphatic heterocycles. The minimum Gasteiger partial charge on any atom is -0.341 e. The summed E-state index contributed by atoms with van der Waals surface area (Å²) >= 11 is 1.35. The molecular formula is C15H19N5O2S. The zero-order valence-electron chi connectivity index (χ0n) is 12.8. The molecule has 1 N–H and O–H groups in total. The van der Waals surface area contributed by atoms with Crippen LogP contribution >= 0.6 is 11.3 Å². The molecule has 0 unspecified atom stereocenters. The van der Waals surface area contributed by atoms with Crippen molar-refractivity contribution >= 4 is 29.1 Å². The minimum absolute atomic E-state index is 0.0490. The second-order valence-electron chi connectivity index (χ2n) is 5.49. The lowest BCUT2D eigenvalue weighted by molar-refractivity contribution is -0.132. The number of thiophene rings is 1. The number of hydrogen-bond acceptors (Lipinski definition) is 5. The highest BCUT2D eigenvalue weighted by atomic mass is 32.1. The second-order valence-corrected chi connectivity index (χ2v) is 6.44. The summed E-state index contributed by atoms with van der Waals surface area (Å²) in [7, 11) is 0. The van der Waals surface area contributed by atoms with Crippen LogP contribution in [0.4, 0.5) is 5.95 Å². The molecule has 2 aromatic heterocycles. The van der Waals surface area contributed by atoms with E-state index in [1.54, 1.807) is 6.07 Å². The van der Waals surface area contributed by atoms with Crippen molar-refractivity contribution in [2.24, 2.45) is 0 Å². The van der Waals surface area contributed by atoms with E-state index in [4.69, 9.17) is 0 Å². The van der Waals surface area contributed by atoms with Crippen molar-refractivity contribution < 1.29 is 9.59 Å². The summed E-state index contributed by atoms with van der Waals surface area (Å²) in [6.45, 7) is 1.78. The van der Waals surface area contributed by atoms with Crippen LogP contribution in [0.15, 0.2) is 23.8 Å². The van der Waals surface area contributed by atoms with E-state index in [1.165, 1.54) is 35.2 Å². The highest BCUT2D eigenvalue weighted by molar-refractivity contribution is 7.12. The monoisotopic (exact) mass is 333 g/mol. The summed E-state index contributed by atoms with van der Waals surface area (Å²) in [5.41, 5.74) is 0. The summed E-state index contributed by atoms with van der Waals surface area (Å²) in [4.78, 5) is 30.7. The SMILES string of the molecule is O=C(Nc1ncn(CC(=O)N2CCCCCC2)n1)c1cccs1. The summed E-state index contributed by atoms with van der Waals surface area (Å²) < 4.78 is 1.47. The lowest BCUT2D eigenvalue weighted by Crippen LogP contribution is -2.34. The van der Waals surface area contributed by atoms with Gasteiger partial charge in [-0.25, -0.2) is 9.67 Å². The molecule has 0 atom stereocenters. The molecule has 0 spiro atoms. The van der Waals surface area contributed by atoms with Gasteiger partial charge in [0.15, 0.2) is 0 Å². The van der Waals surface area contributed by atoms with E-state index in [2.05, 4.69) is 15.4 Å². The van der Waals surface area contributed by atoms with E-state index >= 15 is 0 Å². The maximum atomic E-state index is 12.3. The average Bonchev–Trinajstić information content (AvgIpc) is 3.14. The quantitative estimate of drug-likeness (QED) is 0.928. The molecule has 23 heavy (non-hydrogen) atoms. The molecule has 0 aliphatic carbocycles. The van der Waals surface area contributed by atoms with E-state index in [1.807, 2.05) is 16.3 Å². The summed E-state index contributed by atoms with van der Waals surface area (Å²) in [5.74, 6) is 0.0246. The molecule has 2 aromatic rings. The topological polar surface area (TPSA) is 80.1 Å². The molecule has 3 heterocycles. The summed E-state index contributed by atoms with van der Waals surface area (Å²) in [6.07, 6.45) is 5.97. The van der Waals surface area contributed by atoms with Gasteiger partial charge < -0.3 is 4.90 Å². The van der Waals surface area contributed by atoms with Crippen molar-refractivity contribution in [3.63, 3.8) is 0 Å². The fraction of sp³-hybridized carbons (Fsp3) is 0.467. The molecule has 8 heteroatoms. The van der Waals surface area contributed by atoms with Gasteiger partial charge in [0.05, 0.1) is 4.88 Å². The predicted octanol–water partition coefficient (Wildman–Crippen LogP) is 1.99. The number of anilines is 1. The Morgan fingerprint density at radius 1 is 1.22 bits per heavy atom. The third-order valence-electron chi connectivity index (χ3n) is 3.76. The Hall–Kier alpha value is -2.22. The fourth-order valence-electron chi connectivity index (χ4n) is 2.56. The largest absolute Gasteiger partial charge is 0.341 e. The molecule has 1 fully saturated rings. The van der Waals surface area contributed by atoms with E-state index in [0.717, 1.165) is 25.9 Å².